The van der Waals surface area contributed by atoms with Crippen LogP contribution in [0, 0.1) is 0 Å². The van der Waals surface area contributed by atoms with Gasteiger partial charge in [0.1, 0.15) is 5.82 Å². The number of hydrogen-bond donors (Lipinski definition) is 0. The number of pyridine rings is 1. The first-order chi connectivity index (χ1) is 10.9. The summed E-state index contributed by atoms with van der Waals surface area (Å²) in [5, 5.41) is 8.16. The molecule has 5 nitrogen and oxygen atoms in total. The predicted molar refractivity (Wildman–Crippen MR) is 80.7 cm³/mol. The fraction of sp³-hybridized carbons (Fsp3) is 0.357. The molecule has 9 heteroatoms. The number of piperazine rings is 1. The molecule has 3 heterocycles. The number of aromatic nitrogens is 3. The topological polar surface area (TPSA) is 45.2 Å². The Morgan fingerprint density at radius 3 is 1.96 bits per heavy atom. The van der Waals surface area contributed by atoms with E-state index in [9.17, 15) is 13.2 Å². The molecule has 0 saturated carbocycles. The normalized spacial score (nSPS) is 15.8. The third kappa shape index (κ3) is 3.64. The van der Waals surface area contributed by atoms with E-state index in [1.54, 1.807) is 12.1 Å². The van der Waals surface area contributed by atoms with Gasteiger partial charge in [-0.1, -0.05) is 11.6 Å². The molecule has 0 radical (unpaired) electrons. The Kier molecular flexibility index (Phi) is 4.25. The molecule has 122 valence electrons. The monoisotopic (exact) mass is 343 g/mol. The minimum Gasteiger partial charge on any atom is -0.353 e. The molecular formula is C14H13ClF3N5. The van der Waals surface area contributed by atoms with Gasteiger partial charge in [-0.15, -0.1) is 10.2 Å². The molecule has 3 rings (SSSR count). The van der Waals surface area contributed by atoms with Crippen molar-refractivity contribution in [3.8, 4) is 0 Å². The third-order valence-electron chi connectivity index (χ3n) is 3.62. The van der Waals surface area contributed by atoms with E-state index in [1.807, 2.05) is 9.80 Å². The number of nitrogens with zero attached hydrogens (tertiary/aromatic N) is 5. The van der Waals surface area contributed by atoms with Gasteiger partial charge in [-0.3, -0.25) is 0 Å². The number of alkyl halides is 3. The molecule has 0 atom stereocenters. The van der Waals surface area contributed by atoms with Gasteiger partial charge in [0.25, 0.3) is 0 Å². The van der Waals surface area contributed by atoms with Crippen molar-refractivity contribution in [3.63, 3.8) is 0 Å². The van der Waals surface area contributed by atoms with Crippen molar-refractivity contribution in [2.24, 2.45) is 0 Å². The zero-order valence-corrected chi connectivity index (χ0v) is 12.7. The minimum atomic E-state index is -4.36. The summed E-state index contributed by atoms with van der Waals surface area (Å²) in [5.74, 6) is 1.27. The summed E-state index contributed by atoms with van der Waals surface area (Å²) in [7, 11) is 0. The van der Waals surface area contributed by atoms with Crippen molar-refractivity contribution in [2.75, 3.05) is 36.0 Å². The van der Waals surface area contributed by atoms with E-state index in [-0.39, 0.29) is 0 Å². The molecule has 1 aliphatic heterocycles. The Hall–Kier alpha value is -2.09. The Labute approximate surface area is 135 Å². The summed E-state index contributed by atoms with van der Waals surface area (Å²) in [6, 6.07) is 5.93. The van der Waals surface area contributed by atoms with Gasteiger partial charge in [-0.05, 0) is 24.3 Å². The van der Waals surface area contributed by atoms with Crippen LogP contribution in [0.5, 0.6) is 0 Å². The van der Waals surface area contributed by atoms with E-state index in [1.165, 1.54) is 6.07 Å². The van der Waals surface area contributed by atoms with Gasteiger partial charge >= 0.3 is 6.18 Å². The first kappa shape index (κ1) is 15.8. The first-order valence-electron chi connectivity index (χ1n) is 6.96. The molecule has 0 aromatic carbocycles. The summed E-state index contributed by atoms with van der Waals surface area (Å²) in [5.41, 5.74) is -0.740. The Morgan fingerprint density at radius 1 is 0.870 bits per heavy atom. The summed E-state index contributed by atoms with van der Waals surface area (Å²) in [4.78, 5) is 7.91. The highest BCUT2D eigenvalue weighted by atomic mass is 35.5. The van der Waals surface area contributed by atoms with Crippen molar-refractivity contribution in [3.05, 3.63) is 41.2 Å². The lowest BCUT2D eigenvalue weighted by molar-refractivity contribution is -0.137. The first-order valence-corrected chi connectivity index (χ1v) is 7.34. The van der Waals surface area contributed by atoms with Crippen molar-refractivity contribution < 1.29 is 13.2 Å². The summed E-state index contributed by atoms with van der Waals surface area (Å²) in [6.07, 6.45) is -3.50. The number of rotatable bonds is 2. The molecule has 0 aliphatic carbocycles. The lowest BCUT2D eigenvalue weighted by Gasteiger charge is -2.35. The summed E-state index contributed by atoms with van der Waals surface area (Å²) in [6.45, 7) is 2.64. The zero-order chi connectivity index (χ0) is 16.4. The summed E-state index contributed by atoms with van der Waals surface area (Å²) >= 11 is 5.71. The maximum Gasteiger partial charge on any atom is 0.417 e. The molecule has 1 saturated heterocycles. The molecule has 2 aromatic heterocycles. The van der Waals surface area contributed by atoms with Gasteiger partial charge in [0.15, 0.2) is 11.0 Å². The number of hydrogen-bond acceptors (Lipinski definition) is 5. The molecule has 2 aromatic rings. The molecular weight excluding hydrogens is 331 g/mol. The second-order valence-corrected chi connectivity index (χ2v) is 5.48. The molecule has 0 bridgehead atoms. The highest BCUT2D eigenvalue weighted by Crippen LogP contribution is 2.29. The predicted octanol–water partition coefficient (Wildman–Crippen LogP) is 2.87. The smallest absolute Gasteiger partial charge is 0.353 e. The summed E-state index contributed by atoms with van der Waals surface area (Å²) < 4.78 is 37.6. The van der Waals surface area contributed by atoms with Crippen LogP contribution in [0.4, 0.5) is 24.8 Å². The van der Waals surface area contributed by atoms with E-state index in [4.69, 9.17) is 11.6 Å². The fourth-order valence-corrected chi connectivity index (χ4v) is 2.48. The largest absolute Gasteiger partial charge is 0.417 e. The Balaban J connectivity index is 1.63. The van der Waals surface area contributed by atoms with Crippen LogP contribution in [-0.4, -0.2) is 41.4 Å². The average Bonchev–Trinajstić information content (AvgIpc) is 2.55. The zero-order valence-electron chi connectivity index (χ0n) is 12.0. The van der Waals surface area contributed by atoms with Crippen molar-refractivity contribution in [2.45, 2.75) is 6.18 Å². The van der Waals surface area contributed by atoms with Crippen LogP contribution in [0.1, 0.15) is 5.56 Å². The van der Waals surface area contributed by atoms with Crippen LogP contribution in [0.3, 0.4) is 0 Å². The Morgan fingerprint density at radius 2 is 1.48 bits per heavy atom. The molecule has 23 heavy (non-hydrogen) atoms. The van der Waals surface area contributed by atoms with E-state index in [2.05, 4.69) is 15.2 Å². The molecule has 0 amide bonds. The van der Waals surface area contributed by atoms with Crippen molar-refractivity contribution in [1.29, 1.82) is 0 Å². The average molecular weight is 344 g/mol. The van der Waals surface area contributed by atoms with Crippen LogP contribution in [0.25, 0.3) is 0 Å². The van der Waals surface area contributed by atoms with Gasteiger partial charge in [0.2, 0.25) is 0 Å². The molecule has 0 spiro atoms. The van der Waals surface area contributed by atoms with Crippen LogP contribution >= 0.6 is 11.6 Å². The third-order valence-corrected chi connectivity index (χ3v) is 3.82. The van der Waals surface area contributed by atoms with Crippen LogP contribution in [-0.2, 0) is 6.18 Å². The van der Waals surface area contributed by atoms with Crippen LogP contribution in [0.15, 0.2) is 30.5 Å². The molecule has 0 unspecified atom stereocenters. The van der Waals surface area contributed by atoms with Gasteiger partial charge in [0, 0.05) is 32.4 Å². The standard InChI is InChI=1S/C14H13ClF3N5/c15-11-2-4-13(21-20-11)23-7-5-22(6-8-23)12-3-1-10(9-19-12)14(16,17)18/h1-4,9H,5-8H2. The molecule has 1 fully saturated rings. The van der Waals surface area contributed by atoms with E-state index in [0.29, 0.717) is 37.1 Å². The van der Waals surface area contributed by atoms with E-state index in [0.717, 1.165) is 18.1 Å². The molecule has 1 aliphatic rings. The second kappa shape index (κ2) is 6.19. The SMILES string of the molecule is FC(F)(F)c1ccc(N2CCN(c3ccc(Cl)nn3)CC2)nc1. The number of anilines is 2. The maximum absolute atomic E-state index is 12.5. The second-order valence-electron chi connectivity index (χ2n) is 5.09. The van der Waals surface area contributed by atoms with Gasteiger partial charge in [-0.25, -0.2) is 4.98 Å². The lowest BCUT2D eigenvalue weighted by atomic mass is 10.2. The highest BCUT2D eigenvalue weighted by molar-refractivity contribution is 6.29. The maximum atomic E-state index is 12.5. The Bertz CT molecular complexity index is 652. The van der Waals surface area contributed by atoms with E-state index < -0.39 is 11.7 Å². The van der Waals surface area contributed by atoms with Crippen LogP contribution in [0.2, 0.25) is 5.15 Å². The highest BCUT2D eigenvalue weighted by Gasteiger charge is 2.31. The van der Waals surface area contributed by atoms with Crippen molar-refractivity contribution >= 4 is 23.2 Å². The minimum absolute atomic E-state index is 0.335. The van der Waals surface area contributed by atoms with E-state index >= 15 is 0 Å². The number of halogens is 4. The van der Waals surface area contributed by atoms with Crippen LogP contribution < -0.4 is 9.80 Å². The van der Waals surface area contributed by atoms with Crippen molar-refractivity contribution in [1.82, 2.24) is 15.2 Å². The van der Waals surface area contributed by atoms with Gasteiger partial charge < -0.3 is 9.80 Å². The quantitative estimate of drug-likeness (QED) is 0.839. The fourth-order valence-electron chi connectivity index (χ4n) is 2.38. The lowest BCUT2D eigenvalue weighted by Crippen LogP contribution is -2.47. The van der Waals surface area contributed by atoms with Gasteiger partial charge in [0.05, 0.1) is 5.56 Å². The molecule has 0 N–H and O–H groups in total. The van der Waals surface area contributed by atoms with Gasteiger partial charge in [-0.2, -0.15) is 13.2 Å².